The van der Waals surface area contributed by atoms with Gasteiger partial charge in [0.05, 0.1) is 34.3 Å². The highest BCUT2D eigenvalue weighted by Crippen LogP contribution is 2.42. The predicted octanol–water partition coefficient (Wildman–Crippen LogP) is 6.57. The van der Waals surface area contributed by atoms with Crippen LogP contribution in [0.1, 0.15) is 5.56 Å². The van der Waals surface area contributed by atoms with Gasteiger partial charge < -0.3 is 16.2 Å². The van der Waals surface area contributed by atoms with Gasteiger partial charge in [0.25, 0.3) is 0 Å². The number of methoxy groups -OCH3 is 1. The van der Waals surface area contributed by atoms with Crippen LogP contribution in [0.5, 0.6) is 5.75 Å². The molecule has 0 fully saturated rings. The lowest BCUT2D eigenvalue weighted by Gasteiger charge is -2.12. The van der Waals surface area contributed by atoms with Crippen molar-refractivity contribution < 1.29 is 4.74 Å². The van der Waals surface area contributed by atoms with Crippen molar-refractivity contribution in [3.05, 3.63) is 78.4 Å². The summed E-state index contributed by atoms with van der Waals surface area (Å²) >= 11 is 1.55. The average Bonchev–Trinajstić information content (AvgIpc) is 3.47. The van der Waals surface area contributed by atoms with Crippen LogP contribution in [0.25, 0.3) is 37.7 Å². The molecule has 0 spiro atoms. The Morgan fingerprint density at radius 2 is 1.62 bits per heavy atom. The smallest absolute Gasteiger partial charge is 0.187 e. The highest BCUT2D eigenvalue weighted by atomic mass is 32.1. The summed E-state index contributed by atoms with van der Waals surface area (Å²) in [5, 5.41) is 14.1. The summed E-state index contributed by atoms with van der Waals surface area (Å²) in [4.78, 5) is 9.53. The number of rotatable bonds is 5. The van der Waals surface area contributed by atoms with Crippen LogP contribution in [0.15, 0.2) is 83.0 Å². The Kier molecular flexibility index (Phi) is 5.50. The number of benzene rings is 3. The maximum absolute atomic E-state index is 6.61. The molecule has 3 heterocycles. The summed E-state index contributed by atoms with van der Waals surface area (Å²) in [6.45, 7) is 2.04. The molecule has 0 aliphatic carbocycles. The minimum atomic E-state index is 0.193. The van der Waals surface area contributed by atoms with E-state index in [1.807, 2.05) is 67.6 Å². The zero-order valence-corrected chi connectivity index (χ0v) is 20.9. The second-order valence-electron chi connectivity index (χ2n) is 8.44. The van der Waals surface area contributed by atoms with E-state index in [-0.39, 0.29) is 5.82 Å². The summed E-state index contributed by atoms with van der Waals surface area (Å²) in [5.41, 5.74) is 18.7. The summed E-state index contributed by atoms with van der Waals surface area (Å²) in [5.74, 6) is 1.23. The van der Waals surface area contributed by atoms with Crippen LogP contribution < -0.4 is 16.2 Å². The molecule has 0 saturated carbocycles. The van der Waals surface area contributed by atoms with E-state index in [0.717, 1.165) is 37.8 Å². The van der Waals surface area contributed by atoms with E-state index in [2.05, 4.69) is 20.3 Å². The molecule has 0 amide bonds. The maximum atomic E-state index is 6.61. The van der Waals surface area contributed by atoms with Crippen LogP contribution in [0, 0.1) is 6.92 Å². The molecule has 0 unspecified atom stereocenters. The SMILES string of the molecule is COc1ccc(N=Nc2c(N)nn3c(-c4ccc(C)cc4)c(-c4nc5ccccc5s4)c(N)nc23)cc1. The number of aryl methyl sites for hydroxylation is 1. The van der Waals surface area contributed by atoms with Crippen LogP contribution >= 0.6 is 11.3 Å². The Hall–Kier alpha value is -4.83. The van der Waals surface area contributed by atoms with Crippen LogP contribution in [-0.2, 0) is 0 Å². The molecule has 37 heavy (non-hydrogen) atoms. The van der Waals surface area contributed by atoms with Gasteiger partial charge in [-0.3, -0.25) is 0 Å². The van der Waals surface area contributed by atoms with Gasteiger partial charge in [-0.05, 0) is 43.3 Å². The third kappa shape index (κ3) is 4.03. The van der Waals surface area contributed by atoms with Gasteiger partial charge in [-0.15, -0.1) is 21.5 Å². The number of nitrogen functional groups attached to an aromatic ring is 2. The Morgan fingerprint density at radius 3 is 2.35 bits per heavy atom. The molecule has 6 rings (SSSR count). The van der Waals surface area contributed by atoms with Crippen LogP contribution in [0.3, 0.4) is 0 Å². The first-order valence-corrected chi connectivity index (χ1v) is 12.3. The zero-order chi connectivity index (χ0) is 25.5. The van der Waals surface area contributed by atoms with Gasteiger partial charge in [-0.2, -0.15) is 5.11 Å². The number of nitrogens with zero attached hydrogens (tertiary/aromatic N) is 6. The molecule has 0 radical (unpaired) electrons. The fraction of sp³-hybridized carbons (Fsp3) is 0.0741. The van der Waals surface area contributed by atoms with Gasteiger partial charge in [0.1, 0.15) is 16.6 Å². The quantitative estimate of drug-likeness (QED) is 0.254. The number of ether oxygens (including phenoxy) is 1. The lowest BCUT2D eigenvalue weighted by molar-refractivity contribution is 0.415. The molecule has 6 aromatic rings. The van der Waals surface area contributed by atoms with E-state index in [9.17, 15) is 0 Å². The van der Waals surface area contributed by atoms with Gasteiger partial charge >= 0.3 is 0 Å². The Labute approximate surface area is 216 Å². The standard InChI is InChI=1S/C27H22N8OS/c1-15-7-9-16(10-8-15)23-21(27-30-19-5-3-4-6-20(19)37-27)24(28)31-26-22(25(29)34-35(23)26)33-32-17-11-13-18(36-2)14-12-17/h3-14H,1-2H3,(H2,28,31)(H2,29,34). The topological polar surface area (TPSA) is 129 Å². The number of aromatic nitrogens is 4. The summed E-state index contributed by atoms with van der Waals surface area (Å²) in [6.07, 6.45) is 0. The van der Waals surface area contributed by atoms with E-state index in [4.69, 9.17) is 21.2 Å². The van der Waals surface area contributed by atoms with Crippen molar-refractivity contribution in [3.63, 3.8) is 0 Å². The average molecular weight is 507 g/mol. The van der Waals surface area contributed by atoms with Gasteiger partial charge in [0, 0.05) is 5.56 Å². The third-order valence-corrected chi connectivity index (χ3v) is 7.02. The van der Waals surface area contributed by atoms with Crippen molar-refractivity contribution in [3.8, 4) is 27.6 Å². The first kappa shape index (κ1) is 22.6. The fourth-order valence-corrected chi connectivity index (χ4v) is 5.11. The molecule has 9 nitrogen and oxygen atoms in total. The van der Waals surface area contributed by atoms with Crippen molar-refractivity contribution in [2.45, 2.75) is 6.92 Å². The number of thiazole rings is 1. The van der Waals surface area contributed by atoms with E-state index < -0.39 is 0 Å². The van der Waals surface area contributed by atoms with Gasteiger partial charge in [-0.1, -0.05) is 42.0 Å². The van der Waals surface area contributed by atoms with E-state index in [1.54, 1.807) is 35.1 Å². The molecule has 0 bridgehead atoms. The molecule has 3 aromatic heterocycles. The Morgan fingerprint density at radius 1 is 0.865 bits per heavy atom. The van der Waals surface area contributed by atoms with E-state index in [1.165, 1.54) is 0 Å². The van der Waals surface area contributed by atoms with Crippen molar-refractivity contribution >= 4 is 50.2 Å². The molecule has 0 aliphatic rings. The summed E-state index contributed by atoms with van der Waals surface area (Å²) < 4.78 is 7.94. The molecule has 0 atom stereocenters. The molecule has 182 valence electrons. The highest BCUT2D eigenvalue weighted by Gasteiger charge is 2.24. The second kappa shape index (κ2) is 8.99. The minimum Gasteiger partial charge on any atom is -0.497 e. The number of fused-ring (bicyclic) bond motifs is 2. The van der Waals surface area contributed by atoms with Gasteiger partial charge in [-0.25, -0.2) is 14.5 Å². The second-order valence-corrected chi connectivity index (χ2v) is 9.47. The van der Waals surface area contributed by atoms with Crippen LogP contribution in [0.4, 0.5) is 23.0 Å². The predicted molar refractivity (Wildman–Crippen MR) is 148 cm³/mol. The molecule has 0 aliphatic heterocycles. The maximum Gasteiger partial charge on any atom is 0.187 e. The molecule has 4 N–H and O–H groups in total. The molecular formula is C27H22N8OS. The summed E-state index contributed by atoms with van der Waals surface area (Å²) in [6, 6.07) is 23.3. The number of anilines is 2. The molecule has 3 aromatic carbocycles. The number of hydrogen-bond donors (Lipinski definition) is 2. The molecule has 10 heteroatoms. The van der Waals surface area contributed by atoms with Gasteiger partial charge in [0.15, 0.2) is 17.2 Å². The Bertz CT molecular complexity index is 1750. The Balaban J connectivity index is 1.58. The first-order chi connectivity index (χ1) is 18.0. The van der Waals surface area contributed by atoms with Gasteiger partial charge in [0.2, 0.25) is 0 Å². The molecule has 0 saturated heterocycles. The third-order valence-electron chi connectivity index (χ3n) is 5.96. The van der Waals surface area contributed by atoms with Crippen molar-refractivity contribution in [2.75, 3.05) is 18.6 Å². The van der Waals surface area contributed by atoms with Crippen molar-refractivity contribution in [1.29, 1.82) is 0 Å². The lowest BCUT2D eigenvalue weighted by Crippen LogP contribution is -2.05. The largest absolute Gasteiger partial charge is 0.497 e. The minimum absolute atomic E-state index is 0.193. The van der Waals surface area contributed by atoms with Crippen molar-refractivity contribution in [1.82, 2.24) is 19.6 Å². The first-order valence-electron chi connectivity index (χ1n) is 11.5. The lowest BCUT2D eigenvalue weighted by atomic mass is 10.0. The highest BCUT2D eigenvalue weighted by molar-refractivity contribution is 7.21. The van der Waals surface area contributed by atoms with Crippen LogP contribution in [-0.4, -0.2) is 26.7 Å². The van der Waals surface area contributed by atoms with Crippen molar-refractivity contribution in [2.24, 2.45) is 10.2 Å². The zero-order valence-electron chi connectivity index (χ0n) is 20.1. The fourth-order valence-electron chi connectivity index (χ4n) is 4.09. The molecular weight excluding hydrogens is 484 g/mol. The van der Waals surface area contributed by atoms with Crippen LogP contribution in [0.2, 0.25) is 0 Å². The number of nitrogens with two attached hydrogens (primary N) is 2. The normalized spacial score (nSPS) is 11.6. The monoisotopic (exact) mass is 506 g/mol. The number of azo groups is 1. The summed E-state index contributed by atoms with van der Waals surface area (Å²) in [7, 11) is 1.61. The van der Waals surface area contributed by atoms with E-state index >= 15 is 0 Å². The number of hydrogen-bond acceptors (Lipinski definition) is 9. The number of para-hydroxylation sites is 1. The van der Waals surface area contributed by atoms with E-state index in [0.29, 0.717) is 28.4 Å².